The van der Waals surface area contributed by atoms with E-state index in [0.29, 0.717) is 43.4 Å². The molecule has 1 aromatic heterocycles. The molecule has 9 heteroatoms. The van der Waals surface area contributed by atoms with Crippen LogP contribution in [0.15, 0.2) is 93.9 Å². The van der Waals surface area contributed by atoms with Crippen LogP contribution in [0.25, 0.3) is 6.08 Å². The van der Waals surface area contributed by atoms with Gasteiger partial charge < -0.3 is 19.5 Å². The van der Waals surface area contributed by atoms with E-state index in [-0.39, 0.29) is 11.5 Å². The summed E-state index contributed by atoms with van der Waals surface area (Å²) in [6, 6.07) is 21.2. The lowest BCUT2D eigenvalue weighted by atomic mass is 9.94. The van der Waals surface area contributed by atoms with E-state index in [1.807, 2.05) is 54.6 Å². The van der Waals surface area contributed by atoms with Crippen molar-refractivity contribution in [3.8, 4) is 17.2 Å². The smallest absolute Gasteiger partial charge is 0.271 e. The molecular weight excluding hydrogens is 514 g/mol. The molecule has 0 fully saturated rings. The first kappa shape index (κ1) is 26.0. The third kappa shape index (κ3) is 5.08. The van der Waals surface area contributed by atoms with Gasteiger partial charge in [-0.05, 0) is 55.0 Å². The number of rotatable bonds is 7. The van der Waals surface area contributed by atoms with Gasteiger partial charge in [-0.3, -0.25) is 14.2 Å². The highest BCUT2D eigenvalue weighted by molar-refractivity contribution is 7.07. The normalized spacial score (nSPS) is 14.9. The SMILES string of the molecule is COc1ccc(/C=c2\sc3n(c2=O)[C@@H](c2ccc(OC)cc2OC)C(C(=O)Nc2ccccc2)=C(C)N=3)cc1. The number of carbonyl (C=O) groups excluding carboxylic acids is 1. The van der Waals surface area contributed by atoms with E-state index >= 15 is 0 Å². The zero-order valence-corrected chi connectivity index (χ0v) is 22.7. The van der Waals surface area contributed by atoms with Crippen molar-refractivity contribution >= 4 is 29.0 Å². The number of nitrogens with zero attached hydrogens (tertiary/aromatic N) is 2. The number of allylic oxidation sites excluding steroid dienone is 1. The van der Waals surface area contributed by atoms with Gasteiger partial charge in [-0.15, -0.1) is 0 Å². The number of amides is 1. The van der Waals surface area contributed by atoms with Crippen molar-refractivity contribution in [2.75, 3.05) is 26.6 Å². The average Bonchev–Trinajstić information content (AvgIpc) is 3.26. The van der Waals surface area contributed by atoms with Crippen molar-refractivity contribution in [2.45, 2.75) is 13.0 Å². The van der Waals surface area contributed by atoms with E-state index in [9.17, 15) is 9.59 Å². The Balaban J connectivity index is 1.70. The molecule has 1 aliphatic rings. The summed E-state index contributed by atoms with van der Waals surface area (Å²) < 4.78 is 18.4. The zero-order valence-electron chi connectivity index (χ0n) is 21.9. The summed E-state index contributed by atoms with van der Waals surface area (Å²) in [6.45, 7) is 1.78. The summed E-state index contributed by atoms with van der Waals surface area (Å²) in [6.07, 6.45) is 1.81. The molecule has 0 aliphatic carbocycles. The predicted molar refractivity (Wildman–Crippen MR) is 151 cm³/mol. The van der Waals surface area contributed by atoms with Crippen molar-refractivity contribution in [2.24, 2.45) is 4.99 Å². The van der Waals surface area contributed by atoms with Crippen LogP contribution in [-0.2, 0) is 4.79 Å². The molecule has 5 rings (SSSR count). The number of para-hydroxylation sites is 1. The van der Waals surface area contributed by atoms with Gasteiger partial charge in [-0.2, -0.15) is 0 Å². The first-order valence-electron chi connectivity index (χ1n) is 12.2. The molecule has 0 radical (unpaired) electrons. The van der Waals surface area contributed by atoms with E-state index < -0.39 is 6.04 Å². The molecule has 4 aromatic rings. The second kappa shape index (κ2) is 11.0. The number of anilines is 1. The summed E-state index contributed by atoms with van der Waals surface area (Å²) in [7, 11) is 4.72. The Hall–Kier alpha value is -4.63. The Bertz CT molecular complexity index is 1740. The fraction of sp³-hybridized carbons (Fsp3) is 0.167. The predicted octanol–water partition coefficient (Wildman–Crippen LogP) is 3.90. The number of hydrogen-bond donors (Lipinski definition) is 1. The molecule has 0 saturated heterocycles. The van der Waals surface area contributed by atoms with E-state index in [2.05, 4.69) is 5.32 Å². The first-order valence-corrected chi connectivity index (χ1v) is 13.0. The molecule has 0 spiro atoms. The number of fused-ring (bicyclic) bond motifs is 1. The van der Waals surface area contributed by atoms with Crippen LogP contribution in [0, 0.1) is 0 Å². The van der Waals surface area contributed by atoms with Gasteiger partial charge in [0.1, 0.15) is 23.3 Å². The van der Waals surface area contributed by atoms with Crippen molar-refractivity contribution in [1.82, 2.24) is 4.57 Å². The lowest BCUT2D eigenvalue weighted by molar-refractivity contribution is -0.113. The maximum Gasteiger partial charge on any atom is 0.271 e. The van der Waals surface area contributed by atoms with E-state index in [4.69, 9.17) is 19.2 Å². The van der Waals surface area contributed by atoms with E-state index in [1.165, 1.54) is 11.3 Å². The van der Waals surface area contributed by atoms with Gasteiger partial charge in [0, 0.05) is 17.3 Å². The summed E-state index contributed by atoms with van der Waals surface area (Å²) in [5.41, 5.74) is 2.74. The van der Waals surface area contributed by atoms with Gasteiger partial charge in [-0.1, -0.05) is 41.7 Å². The highest BCUT2D eigenvalue weighted by Gasteiger charge is 2.34. The molecule has 1 N–H and O–H groups in total. The molecular formula is C30H27N3O5S. The van der Waals surface area contributed by atoms with Crippen molar-refractivity contribution in [1.29, 1.82) is 0 Å². The molecule has 1 aliphatic heterocycles. The molecule has 2 heterocycles. The zero-order chi connectivity index (χ0) is 27.5. The number of methoxy groups -OCH3 is 3. The summed E-state index contributed by atoms with van der Waals surface area (Å²) in [5.74, 6) is 1.46. The molecule has 0 unspecified atom stereocenters. The van der Waals surface area contributed by atoms with Crippen LogP contribution in [-0.4, -0.2) is 31.8 Å². The number of carbonyl (C=O) groups is 1. The second-order valence-corrected chi connectivity index (χ2v) is 9.79. The third-order valence-corrected chi connectivity index (χ3v) is 7.43. The van der Waals surface area contributed by atoms with Gasteiger partial charge in [0.25, 0.3) is 11.5 Å². The number of ether oxygens (including phenoxy) is 3. The number of aromatic nitrogens is 1. The Morgan fingerprint density at radius 1 is 0.949 bits per heavy atom. The minimum absolute atomic E-state index is 0.255. The van der Waals surface area contributed by atoms with Gasteiger partial charge in [-0.25, -0.2) is 4.99 Å². The summed E-state index contributed by atoms with van der Waals surface area (Å²) in [5, 5.41) is 2.96. The van der Waals surface area contributed by atoms with Crippen LogP contribution in [0.5, 0.6) is 17.2 Å². The average molecular weight is 542 g/mol. The molecule has 1 amide bonds. The van der Waals surface area contributed by atoms with E-state index in [1.54, 1.807) is 57.1 Å². The third-order valence-electron chi connectivity index (χ3n) is 6.45. The monoisotopic (exact) mass is 541 g/mol. The standard InChI is InChI=1S/C30H27N3O5S/c1-18-26(28(34)32-20-8-6-5-7-9-20)27(23-15-14-22(37-3)17-24(23)38-4)33-29(35)25(39-30(33)31-18)16-19-10-12-21(36-2)13-11-19/h5-17,27H,1-4H3,(H,32,34)/b25-16-/t27-/m0/s1. The quantitative estimate of drug-likeness (QED) is 0.383. The molecule has 0 saturated carbocycles. The lowest BCUT2D eigenvalue weighted by Crippen LogP contribution is -2.40. The number of nitrogens with one attached hydrogen (secondary N) is 1. The largest absolute Gasteiger partial charge is 0.497 e. The number of thiazole rings is 1. The molecule has 0 bridgehead atoms. The van der Waals surface area contributed by atoms with Crippen LogP contribution in [0.1, 0.15) is 24.1 Å². The Kier molecular flexibility index (Phi) is 7.33. The molecule has 3 aromatic carbocycles. The minimum Gasteiger partial charge on any atom is -0.497 e. The highest BCUT2D eigenvalue weighted by Crippen LogP contribution is 2.37. The summed E-state index contributed by atoms with van der Waals surface area (Å²) in [4.78, 5) is 32.9. The molecule has 198 valence electrons. The highest BCUT2D eigenvalue weighted by atomic mass is 32.1. The minimum atomic E-state index is -0.774. The topological polar surface area (TPSA) is 91.1 Å². The van der Waals surface area contributed by atoms with Crippen molar-refractivity contribution in [3.05, 3.63) is 115 Å². The maximum atomic E-state index is 13.9. The first-order chi connectivity index (χ1) is 18.9. The van der Waals surface area contributed by atoms with Crippen LogP contribution in [0.3, 0.4) is 0 Å². The van der Waals surface area contributed by atoms with Crippen LogP contribution < -0.4 is 34.4 Å². The van der Waals surface area contributed by atoms with Gasteiger partial charge >= 0.3 is 0 Å². The Labute approximate surface area is 229 Å². The van der Waals surface area contributed by atoms with Gasteiger partial charge in [0.2, 0.25) is 0 Å². The molecule has 39 heavy (non-hydrogen) atoms. The fourth-order valence-corrected chi connectivity index (χ4v) is 5.57. The van der Waals surface area contributed by atoms with Crippen LogP contribution in [0.2, 0.25) is 0 Å². The Morgan fingerprint density at radius 3 is 2.31 bits per heavy atom. The summed E-state index contributed by atoms with van der Waals surface area (Å²) >= 11 is 1.27. The van der Waals surface area contributed by atoms with E-state index in [0.717, 1.165) is 11.3 Å². The molecule has 1 atom stereocenters. The number of hydrogen-bond acceptors (Lipinski definition) is 7. The second-order valence-electron chi connectivity index (χ2n) is 8.78. The van der Waals surface area contributed by atoms with Gasteiger partial charge in [0.15, 0.2) is 4.80 Å². The van der Waals surface area contributed by atoms with Crippen LogP contribution >= 0.6 is 11.3 Å². The number of benzene rings is 3. The maximum absolute atomic E-state index is 13.9. The molecule has 8 nitrogen and oxygen atoms in total. The Morgan fingerprint density at radius 2 is 1.64 bits per heavy atom. The van der Waals surface area contributed by atoms with Crippen molar-refractivity contribution in [3.63, 3.8) is 0 Å². The van der Waals surface area contributed by atoms with Gasteiger partial charge in [0.05, 0.1) is 37.1 Å². The fourth-order valence-electron chi connectivity index (χ4n) is 4.52. The van der Waals surface area contributed by atoms with Crippen LogP contribution in [0.4, 0.5) is 5.69 Å². The lowest BCUT2D eigenvalue weighted by Gasteiger charge is -2.26. The van der Waals surface area contributed by atoms with Crippen molar-refractivity contribution < 1.29 is 19.0 Å².